The highest BCUT2D eigenvalue weighted by Gasteiger charge is 2.79. The summed E-state index contributed by atoms with van der Waals surface area (Å²) >= 11 is 0. The Balaban J connectivity index is 1.79. The van der Waals surface area contributed by atoms with E-state index in [1.807, 2.05) is 65.0 Å². The summed E-state index contributed by atoms with van der Waals surface area (Å²) in [5, 5.41) is 16.5. The molecule has 8 heteroatoms. The first-order chi connectivity index (χ1) is 17.0. The van der Waals surface area contributed by atoms with Gasteiger partial charge in [-0.25, -0.2) is 0 Å². The molecule has 3 saturated heterocycles. The smallest absolute Gasteiger partial charge is 0.246 e. The molecule has 3 aliphatic rings. The van der Waals surface area contributed by atoms with E-state index in [0.29, 0.717) is 32.2 Å². The summed E-state index contributed by atoms with van der Waals surface area (Å²) in [6, 6.07) is 8.09. The summed E-state index contributed by atoms with van der Waals surface area (Å²) in [7, 11) is 0. The quantitative estimate of drug-likeness (QED) is 0.483. The van der Waals surface area contributed by atoms with Crippen molar-refractivity contribution in [3.8, 4) is 0 Å². The molecule has 3 heterocycles. The molecule has 3 fully saturated rings. The Labute approximate surface area is 214 Å². The van der Waals surface area contributed by atoms with Gasteiger partial charge in [0.25, 0.3) is 0 Å². The molecule has 1 spiro atoms. The number of hydrogen-bond donors (Lipinski definition) is 3. The van der Waals surface area contributed by atoms with Crippen LogP contribution in [0.15, 0.2) is 30.3 Å². The Bertz CT molecular complexity index is 993. The number of rotatable bonds is 9. The van der Waals surface area contributed by atoms with Crippen molar-refractivity contribution in [2.24, 2.45) is 11.8 Å². The Morgan fingerprint density at radius 2 is 1.86 bits per heavy atom. The Hall–Kier alpha value is -2.45. The molecule has 36 heavy (non-hydrogen) atoms. The van der Waals surface area contributed by atoms with Crippen LogP contribution in [-0.4, -0.2) is 69.7 Å². The summed E-state index contributed by atoms with van der Waals surface area (Å²) in [5.41, 5.74) is -1.42. The predicted octanol–water partition coefficient (Wildman–Crippen LogP) is 2.19. The molecule has 2 bridgehead atoms. The lowest BCUT2D eigenvalue weighted by molar-refractivity contribution is -0.151. The third-order valence-corrected chi connectivity index (χ3v) is 8.12. The highest BCUT2D eigenvalue weighted by molar-refractivity contribution is 5.99. The normalized spacial score (nSPS) is 31.9. The molecule has 6 atom stereocenters. The fourth-order valence-corrected chi connectivity index (χ4v) is 6.68. The monoisotopic (exact) mass is 499 g/mol. The van der Waals surface area contributed by atoms with Gasteiger partial charge < -0.3 is 25.4 Å². The summed E-state index contributed by atoms with van der Waals surface area (Å²) in [6.07, 6.45) is 2.92. The summed E-state index contributed by atoms with van der Waals surface area (Å²) in [4.78, 5) is 43.2. The number of aliphatic hydroxyl groups excluding tert-OH is 1. The minimum atomic E-state index is -1.10. The van der Waals surface area contributed by atoms with E-state index in [9.17, 15) is 19.5 Å². The van der Waals surface area contributed by atoms with Crippen LogP contribution in [-0.2, 0) is 25.5 Å². The first-order valence-corrected chi connectivity index (χ1v) is 13.3. The third kappa shape index (κ3) is 4.32. The zero-order valence-corrected chi connectivity index (χ0v) is 22.2. The largest absolute Gasteiger partial charge is 0.394 e. The second kappa shape index (κ2) is 9.78. The third-order valence-electron chi connectivity index (χ3n) is 8.12. The van der Waals surface area contributed by atoms with Gasteiger partial charge in [-0.3, -0.25) is 14.4 Å². The molecule has 3 N–H and O–H groups in total. The van der Waals surface area contributed by atoms with Gasteiger partial charge in [-0.15, -0.1) is 0 Å². The summed E-state index contributed by atoms with van der Waals surface area (Å²) < 4.78 is 6.76. The molecule has 8 nitrogen and oxygen atoms in total. The van der Waals surface area contributed by atoms with Crippen molar-refractivity contribution in [2.45, 2.75) is 95.5 Å². The van der Waals surface area contributed by atoms with Crippen molar-refractivity contribution in [3.63, 3.8) is 0 Å². The first-order valence-electron chi connectivity index (χ1n) is 13.3. The number of likely N-dealkylation sites (tertiary alicyclic amines) is 1. The van der Waals surface area contributed by atoms with E-state index >= 15 is 0 Å². The van der Waals surface area contributed by atoms with Crippen molar-refractivity contribution in [3.05, 3.63) is 35.9 Å². The molecular weight excluding hydrogens is 458 g/mol. The van der Waals surface area contributed by atoms with Crippen LogP contribution >= 0.6 is 0 Å². The lowest BCUT2D eigenvalue weighted by Crippen LogP contribution is -2.60. The molecule has 4 rings (SSSR count). The van der Waals surface area contributed by atoms with Crippen LogP contribution in [0.4, 0.5) is 0 Å². The van der Waals surface area contributed by atoms with Crippen LogP contribution in [0.3, 0.4) is 0 Å². The van der Waals surface area contributed by atoms with Crippen molar-refractivity contribution >= 4 is 17.7 Å². The van der Waals surface area contributed by atoms with E-state index in [4.69, 9.17) is 4.74 Å². The van der Waals surface area contributed by atoms with E-state index in [2.05, 4.69) is 10.6 Å². The predicted molar refractivity (Wildman–Crippen MR) is 136 cm³/mol. The molecule has 0 aliphatic carbocycles. The fraction of sp³-hybridized carbons (Fsp3) is 0.679. The second-order valence-corrected chi connectivity index (χ2v) is 11.6. The number of nitrogens with zero attached hydrogens (tertiary/aromatic N) is 1. The Kier molecular flexibility index (Phi) is 7.23. The van der Waals surface area contributed by atoms with E-state index in [1.54, 1.807) is 4.90 Å². The number of carbonyl (C=O) groups is 3. The second-order valence-electron chi connectivity index (χ2n) is 11.6. The fourth-order valence-electron chi connectivity index (χ4n) is 6.68. The minimum absolute atomic E-state index is 0.181. The van der Waals surface area contributed by atoms with Crippen molar-refractivity contribution in [1.29, 1.82) is 0 Å². The maximum Gasteiger partial charge on any atom is 0.246 e. The highest BCUT2D eigenvalue weighted by Crippen LogP contribution is 2.64. The van der Waals surface area contributed by atoms with Gasteiger partial charge in [0.05, 0.1) is 30.1 Å². The topological polar surface area (TPSA) is 108 Å². The average Bonchev–Trinajstić information content (AvgIpc) is 3.44. The maximum absolute atomic E-state index is 14.3. The molecule has 3 aliphatic heterocycles. The number of fused-ring (bicyclic) bond motifs is 1. The lowest BCUT2D eigenvalue weighted by Gasteiger charge is -2.38. The Morgan fingerprint density at radius 3 is 2.44 bits per heavy atom. The van der Waals surface area contributed by atoms with Crippen molar-refractivity contribution in [1.82, 2.24) is 15.5 Å². The molecule has 0 saturated carbocycles. The van der Waals surface area contributed by atoms with Crippen LogP contribution in [0.2, 0.25) is 0 Å². The molecule has 198 valence electrons. The van der Waals surface area contributed by atoms with E-state index < -0.39 is 40.7 Å². The molecule has 0 aromatic heterocycles. The van der Waals surface area contributed by atoms with Gasteiger partial charge in [-0.05, 0) is 58.4 Å². The molecular formula is C28H41N3O5. The Morgan fingerprint density at radius 1 is 1.17 bits per heavy atom. The van der Waals surface area contributed by atoms with Crippen LogP contribution in [0.1, 0.15) is 65.9 Å². The summed E-state index contributed by atoms with van der Waals surface area (Å²) in [6.45, 7) is 9.89. The van der Waals surface area contributed by atoms with Crippen LogP contribution in [0, 0.1) is 11.8 Å². The van der Waals surface area contributed by atoms with Crippen molar-refractivity contribution in [2.75, 3.05) is 13.2 Å². The standard InChI is InChI=1S/C28H41N3O5/c1-6-15-29-23(33)20-21-25(35)31(19(17-32)16-18-11-9-8-10-12-18)22(24(34)30-26(3,4)5)28(21)14-13-27(20,7-2)36-28/h8-12,19-22,32H,6-7,13-17H2,1-5H3,(H,29,33)(H,30,34)/t19-,20-,21+,22?,27+,28?/m1/s1. The molecule has 3 amide bonds. The van der Waals surface area contributed by atoms with Gasteiger partial charge in [-0.2, -0.15) is 0 Å². The molecule has 1 aromatic rings. The lowest BCUT2D eigenvalue weighted by atomic mass is 9.65. The van der Waals surface area contributed by atoms with Gasteiger partial charge in [0.1, 0.15) is 11.6 Å². The molecule has 0 radical (unpaired) electrons. The van der Waals surface area contributed by atoms with Crippen LogP contribution < -0.4 is 10.6 Å². The SMILES string of the molecule is CCCNC(=O)[C@H]1[C@H]2C(=O)N([C@@H](CO)Cc3ccccc3)C(C(=O)NC(C)(C)C)C23CC[C@]1(CC)O3. The number of hydrogen-bond acceptors (Lipinski definition) is 5. The van der Waals surface area contributed by atoms with Crippen LogP contribution in [0.25, 0.3) is 0 Å². The van der Waals surface area contributed by atoms with Gasteiger partial charge in [-0.1, -0.05) is 44.2 Å². The van der Waals surface area contributed by atoms with Gasteiger partial charge in [0.2, 0.25) is 17.7 Å². The maximum atomic E-state index is 14.3. The molecule has 2 unspecified atom stereocenters. The summed E-state index contributed by atoms with van der Waals surface area (Å²) in [5.74, 6) is -2.18. The zero-order valence-electron chi connectivity index (χ0n) is 22.2. The van der Waals surface area contributed by atoms with Crippen molar-refractivity contribution < 1.29 is 24.2 Å². The number of amides is 3. The van der Waals surface area contributed by atoms with Gasteiger partial charge in [0, 0.05) is 12.1 Å². The van der Waals surface area contributed by atoms with Crippen LogP contribution in [0.5, 0.6) is 0 Å². The van der Waals surface area contributed by atoms with E-state index in [-0.39, 0.29) is 24.3 Å². The number of aliphatic hydroxyl groups is 1. The zero-order chi connectivity index (χ0) is 26.3. The number of carbonyl (C=O) groups excluding carboxylic acids is 3. The highest BCUT2D eigenvalue weighted by atomic mass is 16.5. The number of benzene rings is 1. The van der Waals surface area contributed by atoms with Gasteiger partial charge >= 0.3 is 0 Å². The molecule has 1 aromatic carbocycles. The van der Waals surface area contributed by atoms with E-state index in [0.717, 1.165) is 12.0 Å². The van der Waals surface area contributed by atoms with Gasteiger partial charge in [0.15, 0.2) is 0 Å². The minimum Gasteiger partial charge on any atom is -0.394 e. The number of nitrogens with one attached hydrogen (secondary N) is 2. The first kappa shape index (κ1) is 26.6. The number of ether oxygens (including phenoxy) is 1. The van der Waals surface area contributed by atoms with E-state index in [1.165, 1.54) is 0 Å². The average molecular weight is 500 g/mol.